The maximum atomic E-state index is 12.1. The number of hydrogen-bond acceptors (Lipinski definition) is 4. The summed E-state index contributed by atoms with van der Waals surface area (Å²) in [5, 5.41) is 9.95. The molecule has 1 aliphatic rings. The zero-order valence-corrected chi connectivity index (χ0v) is 13.5. The quantitative estimate of drug-likeness (QED) is 0.893. The Balaban J connectivity index is 1.85. The van der Waals surface area contributed by atoms with E-state index in [1.807, 2.05) is 12.1 Å². The summed E-state index contributed by atoms with van der Waals surface area (Å²) < 4.78 is 2.38. The van der Waals surface area contributed by atoms with E-state index in [0.717, 1.165) is 23.1 Å². The van der Waals surface area contributed by atoms with Crippen molar-refractivity contribution in [1.82, 2.24) is 14.3 Å². The van der Waals surface area contributed by atoms with E-state index in [4.69, 9.17) is 0 Å². The Morgan fingerprint density at radius 3 is 3.05 bits per heavy atom. The summed E-state index contributed by atoms with van der Waals surface area (Å²) in [6, 6.07) is 5.27. The molecule has 2 aromatic rings. The van der Waals surface area contributed by atoms with Crippen LogP contribution in [0.5, 0.6) is 0 Å². The Labute approximate surface area is 131 Å². The predicted octanol–water partition coefficient (Wildman–Crippen LogP) is 1.66. The fourth-order valence-electron chi connectivity index (χ4n) is 2.69. The number of fused-ring (bicyclic) bond motifs is 1. The summed E-state index contributed by atoms with van der Waals surface area (Å²) in [5.74, 6) is 0.341. The van der Waals surface area contributed by atoms with Crippen LogP contribution >= 0.6 is 15.9 Å². The van der Waals surface area contributed by atoms with Crippen molar-refractivity contribution in [2.75, 3.05) is 13.1 Å². The van der Waals surface area contributed by atoms with Gasteiger partial charge in [0.15, 0.2) is 0 Å². The number of halogens is 1. The van der Waals surface area contributed by atoms with E-state index in [1.54, 1.807) is 12.3 Å². The molecule has 1 N–H and O–H groups in total. The molecule has 1 aliphatic heterocycles. The molecule has 5 nitrogen and oxygen atoms in total. The summed E-state index contributed by atoms with van der Waals surface area (Å²) in [5.41, 5.74) is 1.32. The van der Waals surface area contributed by atoms with Gasteiger partial charge < -0.3 is 5.11 Å². The summed E-state index contributed by atoms with van der Waals surface area (Å²) in [6.45, 7) is 4.24. The lowest BCUT2D eigenvalue weighted by atomic mass is 9.96. The molecule has 0 saturated carbocycles. The number of aliphatic hydroxyl groups excluding tert-OH is 1. The van der Waals surface area contributed by atoms with Crippen LogP contribution in [0.4, 0.5) is 0 Å². The maximum Gasteiger partial charge on any atom is 0.258 e. The van der Waals surface area contributed by atoms with Gasteiger partial charge in [0.2, 0.25) is 0 Å². The average molecular weight is 352 g/mol. The van der Waals surface area contributed by atoms with Gasteiger partial charge in [-0.05, 0) is 46.9 Å². The average Bonchev–Trinajstić information content (AvgIpc) is 2.44. The molecule has 112 valence electrons. The molecule has 6 heteroatoms. The van der Waals surface area contributed by atoms with Gasteiger partial charge in [-0.1, -0.05) is 6.92 Å². The third kappa shape index (κ3) is 3.17. The van der Waals surface area contributed by atoms with Gasteiger partial charge in [0.25, 0.3) is 5.56 Å². The first-order valence-corrected chi connectivity index (χ1v) is 7.90. The molecule has 2 atom stereocenters. The van der Waals surface area contributed by atoms with Crippen molar-refractivity contribution in [3.63, 3.8) is 0 Å². The molecule has 2 unspecified atom stereocenters. The Morgan fingerprint density at radius 1 is 1.48 bits per heavy atom. The summed E-state index contributed by atoms with van der Waals surface area (Å²) in [6.07, 6.45) is 2.40. The minimum absolute atomic E-state index is 0.0813. The molecule has 21 heavy (non-hydrogen) atoms. The highest BCUT2D eigenvalue weighted by Gasteiger charge is 2.24. The molecule has 0 amide bonds. The minimum atomic E-state index is -0.295. The first-order valence-electron chi connectivity index (χ1n) is 7.11. The molecule has 0 spiro atoms. The zero-order chi connectivity index (χ0) is 15.0. The van der Waals surface area contributed by atoms with Crippen LogP contribution in [0.1, 0.15) is 19.0 Å². The van der Waals surface area contributed by atoms with Crippen LogP contribution in [0.3, 0.4) is 0 Å². The van der Waals surface area contributed by atoms with E-state index in [0.29, 0.717) is 24.7 Å². The van der Waals surface area contributed by atoms with Crippen molar-refractivity contribution in [2.24, 2.45) is 5.92 Å². The van der Waals surface area contributed by atoms with Gasteiger partial charge in [-0.2, -0.15) is 0 Å². The Kier molecular flexibility index (Phi) is 4.10. The van der Waals surface area contributed by atoms with Gasteiger partial charge in [-0.25, -0.2) is 4.98 Å². The monoisotopic (exact) mass is 351 g/mol. The topological polar surface area (TPSA) is 57.8 Å². The van der Waals surface area contributed by atoms with Crippen molar-refractivity contribution in [1.29, 1.82) is 0 Å². The highest BCUT2D eigenvalue weighted by molar-refractivity contribution is 9.10. The van der Waals surface area contributed by atoms with E-state index in [-0.39, 0.29) is 11.7 Å². The van der Waals surface area contributed by atoms with Crippen LogP contribution in [0.2, 0.25) is 0 Å². The number of β-amino-alcohol motifs (C(OH)–C–C–N with tert-alkyl or cyclic N) is 1. The third-order valence-electron chi connectivity index (χ3n) is 4.06. The van der Waals surface area contributed by atoms with Crippen LogP contribution in [0.25, 0.3) is 5.65 Å². The molecule has 3 heterocycles. The second-order valence-electron chi connectivity index (χ2n) is 5.73. The summed E-state index contributed by atoms with van der Waals surface area (Å²) in [4.78, 5) is 18.8. The van der Waals surface area contributed by atoms with Crippen molar-refractivity contribution in [3.05, 3.63) is 44.9 Å². The first-order chi connectivity index (χ1) is 10.0. The number of hydrogen-bond donors (Lipinski definition) is 1. The van der Waals surface area contributed by atoms with Crippen LogP contribution < -0.4 is 5.56 Å². The lowest BCUT2D eigenvalue weighted by Crippen LogP contribution is -2.42. The molecular weight excluding hydrogens is 334 g/mol. The third-order valence-corrected chi connectivity index (χ3v) is 4.53. The van der Waals surface area contributed by atoms with Crippen molar-refractivity contribution in [2.45, 2.75) is 26.0 Å². The summed E-state index contributed by atoms with van der Waals surface area (Å²) >= 11 is 3.35. The van der Waals surface area contributed by atoms with Crippen LogP contribution in [-0.2, 0) is 6.54 Å². The largest absolute Gasteiger partial charge is 0.392 e. The van der Waals surface area contributed by atoms with E-state index in [9.17, 15) is 9.90 Å². The molecule has 0 aromatic carbocycles. The van der Waals surface area contributed by atoms with Gasteiger partial charge >= 0.3 is 0 Å². The molecule has 0 bridgehead atoms. The lowest BCUT2D eigenvalue weighted by Gasteiger charge is -2.33. The second-order valence-corrected chi connectivity index (χ2v) is 6.65. The van der Waals surface area contributed by atoms with Crippen LogP contribution in [0, 0.1) is 5.92 Å². The fraction of sp³-hybridized carbons (Fsp3) is 0.467. The fourth-order valence-corrected chi connectivity index (χ4v) is 3.03. The molecule has 3 rings (SSSR count). The predicted molar refractivity (Wildman–Crippen MR) is 84.2 cm³/mol. The molecule has 0 aliphatic carbocycles. The standard InChI is InChI=1S/C15H18BrN3O2/c1-10-4-5-18(9-13(10)20)8-12-6-15(21)19-7-11(16)2-3-14(19)17-12/h2-3,6-7,10,13,20H,4-5,8-9H2,1H3. The number of likely N-dealkylation sites (tertiary alicyclic amines) is 1. The van der Waals surface area contributed by atoms with E-state index in [2.05, 4.69) is 32.7 Å². The number of aromatic nitrogens is 2. The molecule has 0 radical (unpaired) electrons. The minimum Gasteiger partial charge on any atom is -0.392 e. The molecule has 2 aromatic heterocycles. The zero-order valence-electron chi connectivity index (χ0n) is 11.9. The Morgan fingerprint density at radius 2 is 2.29 bits per heavy atom. The lowest BCUT2D eigenvalue weighted by molar-refractivity contribution is 0.0254. The van der Waals surface area contributed by atoms with Crippen LogP contribution in [-0.4, -0.2) is 38.6 Å². The second kappa shape index (κ2) is 5.87. The van der Waals surface area contributed by atoms with Gasteiger partial charge in [0.1, 0.15) is 5.65 Å². The van der Waals surface area contributed by atoms with Gasteiger partial charge in [0.05, 0.1) is 11.8 Å². The SMILES string of the molecule is CC1CCN(Cc2cc(=O)n3cc(Br)ccc3n2)CC1O. The van der Waals surface area contributed by atoms with Crippen molar-refractivity contribution < 1.29 is 5.11 Å². The van der Waals surface area contributed by atoms with Gasteiger partial charge in [-0.15, -0.1) is 0 Å². The number of nitrogens with zero attached hydrogens (tertiary/aromatic N) is 3. The van der Waals surface area contributed by atoms with E-state index >= 15 is 0 Å². The Hall–Kier alpha value is -1.24. The van der Waals surface area contributed by atoms with Gasteiger partial charge in [-0.3, -0.25) is 14.1 Å². The molecular formula is C15H18BrN3O2. The number of rotatable bonds is 2. The maximum absolute atomic E-state index is 12.1. The molecule has 1 saturated heterocycles. The summed E-state index contributed by atoms with van der Waals surface area (Å²) in [7, 11) is 0. The first kappa shape index (κ1) is 14.7. The highest BCUT2D eigenvalue weighted by atomic mass is 79.9. The normalized spacial score (nSPS) is 23.6. The van der Waals surface area contributed by atoms with E-state index < -0.39 is 0 Å². The van der Waals surface area contributed by atoms with Gasteiger partial charge in [0, 0.05) is 29.8 Å². The van der Waals surface area contributed by atoms with Crippen molar-refractivity contribution in [3.8, 4) is 0 Å². The number of piperidine rings is 1. The molecule has 1 fully saturated rings. The van der Waals surface area contributed by atoms with Crippen LogP contribution in [0.15, 0.2) is 33.7 Å². The van der Waals surface area contributed by atoms with Crippen molar-refractivity contribution >= 4 is 21.6 Å². The highest BCUT2D eigenvalue weighted by Crippen LogP contribution is 2.18. The Bertz CT molecular complexity index is 716. The van der Waals surface area contributed by atoms with E-state index in [1.165, 1.54) is 4.40 Å². The number of pyridine rings is 1. The smallest absolute Gasteiger partial charge is 0.258 e. The number of aliphatic hydroxyl groups is 1.